The Morgan fingerprint density at radius 1 is 1.17 bits per heavy atom. The van der Waals surface area contributed by atoms with Crippen LogP contribution in [0.3, 0.4) is 0 Å². The van der Waals surface area contributed by atoms with Gasteiger partial charge in [0.05, 0.1) is 0 Å². The minimum absolute atomic E-state index is 0.0271. The zero-order valence-electron chi connectivity index (χ0n) is 13.4. The highest BCUT2D eigenvalue weighted by molar-refractivity contribution is 6.30. The standard InChI is InChI=1S/C19H24ClNO2/c20-16-2-1-3-17(7-16)23-11-18(22)21-12-19-8-13-4-14(9-19)6-15(5-13)10-19/h1-3,7,13-15H,4-6,8-12H2,(H,21,22). The van der Waals surface area contributed by atoms with Gasteiger partial charge in [0.2, 0.25) is 0 Å². The lowest BCUT2D eigenvalue weighted by Gasteiger charge is -2.56. The summed E-state index contributed by atoms with van der Waals surface area (Å²) in [4.78, 5) is 12.1. The maximum absolute atomic E-state index is 12.1. The zero-order chi connectivity index (χ0) is 15.9. The van der Waals surface area contributed by atoms with Crippen molar-refractivity contribution in [1.29, 1.82) is 0 Å². The molecule has 0 aliphatic heterocycles. The zero-order valence-corrected chi connectivity index (χ0v) is 14.1. The quantitative estimate of drug-likeness (QED) is 0.882. The molecule has 0 spiro atoms. The number of carbonyl (C=O) groups is 1. The lowest BCUT2D eigenvalue weighted by Crippen LogP contribution is -2.51. The molecule has 0 unspecified atom stereocenters. The molecule has 1 N–H and O–H groups in total. The highest BCUT2D eigenvalue weighted by Crippen LogP contribution is 2.59. The number of carbonyl (C=O) groups excluding carboxylic acids is 1. The smallest absolute Gasteiger partial charge is 0.257 e. The van der Waals surface area contributed by atoms with Crippen molar-refractivity contribution in [1.82, 2.24) is 5.32 Å². The van der Waals surface area contributed by atoms with Crippen LogP contribution in [-0.4, -0.2) is 19.1 Å². The monoisotopic (exact) mass is 333 g/mol. The van der Waals surface area contributed by atoms with Gasteiger partial charge in [-0.15, -0.1) is 0 Å². The Morgan fingerprint density at radius 2 is 1.83 bits per heavy atom. The topological polar surface area (TPSA) is 38.3 Å². The maximum Gasteiger partial charge on any atom is 0.257 e. The second-order valence-electron chi connectivity index (χ2n) is 7.94. The summed E-state index contributed by atoms with van der Waals surface area (Å²) in [7, 11) is 0. The SMILES string of the molecule is O=C(COc1cccc(Cl)c1)NCC12CC3CC(CC(C3)C1)C2. The van der Waals surface area contributed by atoms with Gasteiger partial charge in [-0.05, 0) is 79.9 Å². The molecule has 23 heavy (non-hydrogen) atoms. The van der Waals surface area contributed by atoms with Crippen molar-refractivity contribution < 1.29 is 9.53 Å². The van der Waals surface area contributed by atoms with Crippen molar-refractivity contribution >= 4 is 17.5 Å². The van der Waals surface area contributed by atoms with Crippen LogP contribution in [0.15, 0.2) is 24.3 Å². The van der Waals surface area contributed by atoms with E-state index in [-0.39, 0.29) is 12.5 Å². The lowest BCUT2D eigenvalue weighted by atomic mass is 9.49. The normalized spacial score (nSPS) is 34.4. The van der Waals surface area contributed by atoms with Gasteiger partial charge in [-0.1, -0.05) is 17.7 Å². The Balaban J connectivity index is 1.28. The van der Waals surface area contributed by atoms with Crippen molar-refractivity contribution in [3.05, 3.63) is 29.3 Å². The highest BCUT2D eigenvalue weighted by Gasteiger charge is 2.50. The Hall–Kier alpha value is -1.22. The minimum Gasteiger partial charge on any atom is -0.484 e. The molecule has 0 heterocycles. The van der Waals surface area contributed by atoms with E-state index in [0.717, 1.165) is 24.3 Å². The molecule has 4 fully saturated rings. The number of hydrogen-bond acceptors (Lipinski definition) is 2. The van der Waals surface area contributed by atoms with Gasteiger partial charge in [-0.25, -0.2) is 0 Å². The molecule has 4 aliphatic carbocycles. The van der Waals surface area contributed by atoms with Crippen LogP contribution in [0.1, 0.15) is 38.5 Å². The summed E-state index contributed by atoms with van der Waals surface area (Å²) < 4.78 is 5.52. The van der Waals surface area contributed by atoms with Gasteiger partial charge in [-0.3, -0.25) is 4.79 Å². The average molecular weight is 334 g/mol. The molecule has 4 bridgehead atoms. The van der Waals surface area contributed by atoms with E-state index >= 15 is 0 Å². The largest absolute Gasteiger partial charge is 0.484 e. The molecule has 5 rings (SSSR count). The summed E-state index contributed by atoms with van der Waals surface area (Å²) >= 11 is 5.92. The van der Waals surface area contributed by atoms with Crippen LogP contribution in [0.5, 0.6) is 5.75 Å². The molecule has 3 nitrogen and oxygen atoms in total. The van der Waals surface area contributed by atoms with Crippen LogP contribution in [-0.2, 0) is 4.79 Å². The van der Waals surface area contributed by atoms with Crippen LogP contribution in [0.2, 0.25) is 5.02 Å². The van der Waals surface area contributed by atoms with Gasteiger partial charge < -0.3 is 10.1 Å². The first-order valence-electron chi connectivity index (χ1n) is 8.75. The van der Waals surface area contributed by atoms with Crippen LogP contribution in [0, 0.1) is 23.2 Å². The van der Waals surface area contributed by atoms with Crippen molar-refractivity contribution in [2.24, 2.45) is 23.2 Å². The summed E-state index contributed by atoms with van der Waals surface area (Å²) in [5.41, 5.74) is 0.375. The Labute approximate surface area is 142 Å². The highest BCUT2D eigenvalue weighted by atomic mass is 35.5. The summed E-state index contributed by atoms with van der Waals surface area (Å²) in [6.45, 7) is 0.890. The molecular formula is C19H24ClNO2. The number of nitrogens with one attached hydrogen (secondary N) is 1. The van der Waals surface area contributed by atoms with Crippen LogP contribution < -0.4 is 10.1 Å². The lowest BCUT2D eigenvalue weighted by molar-refractivity contribution is -0.125. The summed E-state index contributed by atoms with van der Waals surface area (Å²) in [6.07, 6.45) is 8.25. The number of amides is 1. The third-order valence-corrected chi connectivity index (χ3v) is 6.23. The van der Waals surface area contributed by atoms with Crippen LogP contribution in [0.4, 0.5) is 0 Å². The molecule has 0 radical (unpaired) electrons. The summed E-state index contributed by atoms with van der Waals surface area (Å²) in [5.74, 6) is 3.37. The van der Waals surface area contributed by atoms with E-state index < -0.39 is 0 Å². The fraction of sp³-hybridized carbons (Fsp3) is 0.632. The third kappa shape index (κ3) is 3.35. The van der Waals surface area contributed by atoms with Crippen molar-refractivity contribution in [2.75, 3.05) is 13.2 Å². The first kappa shape index (κ1) is 15.3. The molecule has 4 saturated carbocycles. The van der Waals surface area contributed by atoms with Crippen molar-refractivity contribution in [2.45, 2.75) is 38.5 Å². The van der Waals surface area contributed by atoms with Crippen molar-refractivity contribution in [3.63, 3.8) is 0 Å². The molecule has 4 heteroatoms. The summed E-state index contributed by atoms with van der Waals surface area (Å²) in [5, 5.41) is 3.75. The maximum atomic E-state index is 12.1. The van der Waals surface area contributed by atoms with E-state index in [4.69, 9.17) is 16.3 Å². The third-order valence-electron chi connectivity index (χ3n) is 5.99. The Morgan fingerprint density at radius 3 is 2.43 bits per heavy atom. The van der Waals surface area contributed by atoms with E-state index in [1.165, 1.54) is 38.5 Å². The van der Waals surface area contributed by atoms with E-state index in [2.05, 4.69) is 5.32 Å². The average Bonchev–Trinajstić information content (AvgIpc) is 2.50. The molecule has 1 aromatic rings. The predicted octanol–water partition coefficient (Wildman–Crippen LogP) is 4.05. The number of halogens is 1. The number of benzene rings is 1. The number of rotatable bonds is 5. The fourth-order valence-corrected chi connectivity index (χ4v) is 5.73. The minimum atomic E-state index is -0.0271. The molecule has 1 aromatic carbocycles. The first-order chi connectivity index (χ1) is 11.1. The van der Waals surface area contributed by atoms with Gasteiger partial charge in [-0.2, -0.15) is 0 Å². The van der Waals surface area contributed by atoms with Crippen molar-refractivity contribution in [3.8, 4) is 5.75 Å². The number of hydrogen-bond donors (Lipinski definition) is 1. The molecule has 0 aromatic heterocycles. The summed E-state index contributed by atoms with van der Waals surface area (Å²) in [6, 6.07) is 7.17. The van der Waals surface area contributed by atoms with E-state index in [9.17, 15) is 4.79 Å². The van der Waals surface area contributed by atoms with Gasteiger partial charge >= 0.3 is 0 Å². The molecular weight excluding hydrogens is 310 g/mol. The van der Waals surface area contributed by atoms with E-state index in [1.54, 1.807) is 12.1 Å². The second-order valence-corrected chi connectivity index (χ2v) is 8.38. The van der Waals surface area contributed by atoms with Gasteiger partial charge in [0.1, 0.15) is 5.75 Å². The second kappa shape index (κ2) is 6.01. The molecule has 124 valence electrons. The van der Waals surface area contributed by atoms with E-state index in [1.807, 2.05) is 12.1 Å². The Kier molecular flexibility index (Phi) is 4.00. The Bertz CT molecular complexity index is 566. The van der Waals surface area contributed by atoms with Crippen LogP contribution in [0.25, 0.3) is 0 Å². The molecule has 0 atom stereocenters. The number of ether oxygens (including phenoxy) is 1. The molecule has 4 aliphatic rings. The van der Waals surface area contributed by atoms with Gasteiger partial charge in [0.25, 0.3) is 5.91 Å². The predicted molar refractivity (Wildman–Crippen MR) is 90.6 cm³/mol. The molecule has 0 saturated heterocycles. The van der Waals surface area contributed by atoms with Gasteiger partial charge in [0.15, 0.2) is 6.61 Å². The first-order valence-corrected chi connectivity index (χ1v) is 9.13. The van der Waals surface area contributed by atoms with Crippen LogP contribution >= 0.6 is 11.6 Å². The van der Waals surface area contributed by atoms with Gasteiger partial charge in [0, 0.05) is 11.6 Å². The fourth-order valence-electron chi connectivity index (χ4n) is 5.55. The van der Waals surface area contributed by atoms with E-state index in [0.29, 0.717) is 16.2 Å². The molecule has 1 amide bonds.